The Morgan fingerprint density at radius 1 is 1.53 bits per heavy atom. The minimum Gasteiger partial charge on any atom is -0.425 e. The zero-order valence-corrected chi connectivity index (χ0v) is 9.76. The van der Waals surface area contributed by atoms with Crippen molar-refractivity contribution in [3.05, 3.63) is 48.8 Å². The van der Waals surface area contributed by atoms with Crippen LogP contribution in [0.1, 0.15) is 5.56 Å². The van der Waals surface area contributed by atoms with E-state index in [1.165, 1.54) is 0 Å². The van der Waals surface area contributed by atoms with E-state index < -0.39 is 0 Å². The van der Waals surface area contributed by atoms with E-state index in [0.717, 1.165) is 11.3 Å². The van der Waals surface area contributed by atoms with Gasteiger partial charge in [-0.05, 0) is 24.6 Å². The number of anilines is 1. The number of benzene rings is 1. The fourth-order valence-corrected chi connectivity index (χ4v) is 1.56. The van der Waals surface area contributed by atoms with Crippen molar-refractivity contribution in [1.29, 1.82) is 0 Å². The molecule has 0 aliphatic carbocycles. The van der Waals surface area contributed by atoms with Crippen molar-refractivity contribution in [2.75, 3.05) is 5.73 Å². The molecule has 17 heavy (non-hydrogen) atoms. The van der Waals surface area contributed by atoms with Gasteiger partial charge >= 0.3 is 6.01 Å². The van der Waals surface area contributed by atoms with Gasteiger partial charge in [0.05, 0.1) is 0 Å². The number of nitrogens with two attached hydrogens (primary N) is 1. The molecule has 4 nitrogen and oxygen atoms in total. The van der Waals surface area contributed by atoms with Gasteiger partial charge in [0.1, 0.15) is 5.75 Å². The van der Waals surface area contributed by atoms with Crippen molar-refractivity contribution < 1.29 is 4.74 Å². The average Bonchev–Trinajstić information content (AvgIpc) is 2.69. The third-order valence-corrected chi connectivity index (χ3v) is 2.43. The Labute approximate surface area is 100 Å². The summed E-state index contributed by atoms with van der Waals surface area (Å²) in [5.74, 6) is 0.758. The predicted molar refractivity (Wildman–Crippen MR) is 68.0 cm³/mol. The quantitative estimate of drug-likeness (QED) is 0.647. The van der Waals surface area contributed by atoms with E-state index in [4.69, 9.17) is 10.5 Å². The molecule has 4 heteroatoms. The average molecular weight is 229 g/mol. The third-order valence-electron chi connectivity index (χ3n) is 2.43. The van der Waals surface area contributed by atoms with Gasteiger partial charge in [0.15, 0.2) is 0 Å². The molecule has 0 radical (unpaired) electrons. The molecular weight excluding hydrogens is 214 g/mol. The molecule has 2 N–H and O–H groups in total. The van der Waals surface area contributed by atoms with E-state index in [2.05, 4.69) is 11.6 Å². The summed E-state index contributed by atoms with van der Waals surface area (Å²) in [6, 6.07) is 6.10. The first-order valence-corrected chi connectivity index (χ1v) is 5.35. The Bertz CT molecular complexity index is 531. The van der Waals surface area contributed by atoms with Crippen LogP contribution >= 0.6 is 0 Å². The molecule has 1 aromatic carbocycles. The Hall–Kier alpha value is -2.23. The van der Waals surface area contributed by atoms with Crippen molar-refractivity contribution in [2.24, 2.45) is 7.05 Å². The molecule has 0 amide bonds. The number of nitrogen functional groups attached to an aromatic ring is 1. The van der Waals surface area contributed by atoms with Crippen LogP contribution in [-0.2, 0) is 13.5 Å². The van der Waals surface area contributed by atoms with Crippen LogP contribution in [-0.4, -0.2) is 9.55 Å². The second-order valence-corrected chi connectivity index (χ2v) is 3.78. The highest BCUT2D eigenvalue weighted by molar-refractivity contribution is 5.49. The summed E-state index contributed by atoms with van der Waals surface area (Å²) in [5, 5.41) is 0. The molecule has 0 saturated carbocycles. The number of aromatic nitrogens is 2. The fourth-order valence-electron chi connectivity index (χ4n) is 1.56. The highest BCUT2D eigenvalue weighted by Gasteiger charge is 2.07. The van der Waals surface area contributed by atoms with Crippen LogP contribution < -0.4 is 10.5 Å². The van der Waals surface area contributed by atoms with Gasteiger partial charge in [0.2, 0.25) is 0 Å². The van der Waals surface area contributed by atoms with Gasteiger partial charge in [-0.2, -0.15) is 0 Å². The lowest BCUT2D eigenvalue weighted by Gasteiger charge is -2.10. The predicted octanol–water partition coefficient (Wildman–Crippen LogP) is 2.52. The van der Waals surface area contributed by atoms with Crippen molar-refractivity contribution in [2.45, 2.75) is 6.42 Å². The van der Waals surface area contributed by atoms with E-state index in [-0.39, 0.29) is 0 Å². The van der Waals surface area contributed by atoms with E-state index in [0.29, 0.717) is 18.1 Å². The van der Waals surface area contributed by atoms with Crippen LogP contribution in [0.15, 0.2) is 43.2 Å². The SMILES string of the molecule is C=CCc1cc(N)ccc1Oc1nccn1C. The second kappa shape index (κ2) is 4.74. The Morgan fingerprint density at radius 3 is 3.00 bits per heavy atom. The number of ether oxygens (including phenoxy) is 1. The van der Waals surface area contributed by atoms with Crippen molar-refractivity contribution in [3.8, 4) is 11.8 Å². The molecule has 2 rings (SSSR count). The molecular formula is C13H15N3O. The van der Waals surface area contributed by atoms with Crippen LogP contribution in [0, 0.1) is 0 Å². The zero-order chi connectivity index (χ0) is 12.3. The summed E-state index contributed by atoms with van der Waals surface area (Å²) in [4.78, 5) is 4.12. The van der Waals surface area contributed by atoms with Gasteiger partial charge in [-0.25, -0.2) is 4.98 Å². The van der Waals surface area contributed by atoms with E-state index >= 15 is 0 Å². The first-order valence-electron chi connectivity index (χ1n) is 5.35. The number of rotatable bonds is 4. The standard InChI is InChI=1S/C13H15N3O/c1-3-4-10-9-11(14)5-6-12(10)17-13-15-7-8-16(13)2/h3,5-9H,1,4,14H2,2H3. The maximum Gasteiger partial charge on any atom is 0.301 e. The van der Waals surface area contributed by atoms with Gasteiger partial charge in [0, 0.05) is 30.7 Å². The summed E-state index contributed by atoms with van der Waals surface area (Å²) < 4.78 is 7.55. The maximum absolute atomic E-state index is 5.75. The zero-order valence-electron chi connectivity index (χ0n) is 9.76. The van der Waals surface area contributed by atoms with E-state index in [9.17, 15) is 0 Å². The molecule has 2 aromatic rings. The van der Waals surface area contributed by atoms with Gasteiger partial charge in [-0.1, -0.05) is 6.08 Å². The summed E-state index contributed by atoms with van der Waals surface area (Å²) in [6.45, 7) is 3.72. The number of imidazole rings is 1. The molecule has 1 heterocycles. The third kappa shape index (κ3) is 2.47. The van der Waals surface area contributed by atoms with Crippen LogP contribution in [0.3, 0.4) is 0 Å². The second-order valence-electron chi connectivity index (χ2n) is 3.78. The first-order chi connectivity index (χ1) is 8.20. The van der Waals surface area contributed by atoms with Crippen LogP contribution in [0.4, 0.5) is 5.69 Å². The fraction of sp³-hybridized carbons (Fsp3) is 0.154. The lowest BCUT2D eigenvalue weighted by molar-refractivity contribution is 0.421. The minimum atomic E-state index is 0.556. The van der Waals surface area contributed by atoms with E-state index in [1.54, 1.807) is 6.20 Å². The van der Waals surface area contributed by atoms with Crippen molar-refractivity contribution in [1.82, 2.24) is 9.55 Å². The van der Waals surface area contributed by atoms with Crippen molar-refractivity contribution >= 4 is 5.69 Å². The van der Waals surface area contributed by atoms with Crippen LogP contribution in [0.2, 0.25) is 0 Å². The Balaban J connectivity index is 2.31. The molecule has 0 saturated heterocycles. The van der Waals surface area contributed by atoms with Crippen molar-refractivity contribution in [3.63, 3.8) is 0 Å². The molecule has 0 atom stereocenters. The van der Waals surface area contributed by atoms with E-state index in [1.807, 2.05) is 42.1 Å². The topological polar surface area (TPSA) is 53.1 Å². The minimum absolute atomic E-state index is 0.556. The Morgan fingerprint density at radius 2 is 2.35 bits per heavy atom. The molecule has 0 fully saturated rings. The molecule has 88 valence electrons. The number of hydrogen-bond donors (Lipinski definition) is 1. The lowest BCUT2D eigenvalue weighted by Crippen LogP contribution is -1.97. The largest absolute Gasteiger partial charge is 0.425 e. The molecule has 0 unspecified atom stereocenters. The van der Waals surface area contributed by atoms with Gasteiger partial charge in [0.25, 0.3) is 0 Å². The highest BCUT2D eigenvalue weighted by Crippen LogP contribution is 2.26. The summed E-state index contributed by atoms with van der Waals surface area (Å²) in [5.41, 5.74) is 7.47. The number of hydrogen-bond acceptors (Lipinski definition) is 3. The Kier molecular flexibility index (Phi) is 3.14. The molecule has 1 aromatic heterocycles. The van der Waals surface area contributed by atoms with Crippen LogP contribution in [0.25, 0.3) is 0 Å². The summed E-state index contributed by atoms with van der Waals surface area (Å²) in [7, 11) is 1.88. The van der Waals surface area contributed by atoms with Gasteiger partial charge in [-0.15, -0.1) is 6.58 Å². The van der Waals surface area contributed by atoms with Gasteiger partial charge < -0.3 is 15.0 Å². The first kappa shape index (κ1) is 11.3. The summed E-state index contributed by atoms with van der Waals surface area (Å²) in [6.07, 6.45) is 6.06. The summed E-state index contributed by atoms with van der Waals surface area (Å²) >= 11 is 0. The monoisotopic (exact) mass is 229 g/mol. The number of nitrogens with zero attached hydrogens (tertiary/aromatic N) is 2. The normalized spacial score (nSPS) is 10.2. The van der Waals surface area contributed by atoms with Crippen LogP contribution in [0.5, 0.6) is 11.8 Å². The number of allylic oxidation sites excluding steroid dienone is 1. The maximum atomic E-state index is 5.75. The molecule has 0 aliphatic heterocycles. The molecule has 0 bridgehead atoms. The lowest BCUT2D eigenvalue weighted by atomic mass is 10.1. The van der Waals surface area contributed by atoms with Gasteiger partial charge in [-0.3, -0.25) is 0 Å². The molecule has 0 spiro atoms. The highest BCUT2D eigenvalue weighted by atomic mass is 16.5. The number of aryl methyl sites for hydroxylation is 1. The molecule has 0 aliphatic rings. The smallest absolute Gasteiger partial charge is 0.301 e.